The predicted octanol–water partition coefficient (Wildman–Crippen LogP) is 4.16. The molecule has 0 fully saturated rings. The summed E-state index contributed by atoms with van der Waals surface area (Å²) in [6.07, 6.45) is 0. The molecule has 0 bridgehead atoms. The number of carbonyl (C=O) groups excluding carboxylic acids is 1. The number of hydrogen-bond donors (Lipinski definition) is 0. The molecule has 0 aliphatic heterocycles. The van der Waals surface area contributed by atoms with Gasteiger partial charge in [-0.15, -0.1) is 4.20 Å². The Morgan fingerprint density at radius 3 is 1.47 bits per heavy atom. The van der Waals surface area contributed by atoms with Gasteiger partial charge < -0.3 is 29.6 Å². The number of esters is 1. The van der Waals surface area contributed by atoms with Crippen LogP contribution in [0.3, 0.4) is 0 Å². The maximum atomic E-state index is 12.9. The maximum Gasteiger partial charge on any atom is 0.309 e. The van der Waals surface area contributed by atoms with Gasteiger partial charge in [-0.3, -0.25) is 4.79 Å². The highest BCUT2D eigenvalue weighted by Gasteiger charge is 2.58. The minimum absolute atomic E-state index is 0.196. The van der Waals surface area contributed by atoms with Crippen molar-refractivity contribution in [2.45, 2.75) is 70.3 Å². The summed E-state index contributed by atoms with van der Waals surface area (Å²) in [6, 6.07) is 0. The number of hydrogen-bond acceptors (Lipinski definition) is 4. The van der Waals surface area contributed by atoms with Crippen molar-refractivity contribution in [1.82, 2.24) is 0 Å². The Hall–Kier alpha value is 0.214. The molecule has 0 amide bonds. The van der Waals surface area contributed by atoms with Crippen molar-refractivity contribution >= 4 is 51.2 Å². The Labute approximate surface area is 131 Å². The van der Waals surface area contributed by atoms with E-state index in [2.05, 4.69) is 39.3 Å². The van der Waals surface area contributed by atoms with Crippen molar-refractivity contribution in [2.75, 3.05) is 0 Å². The van der Waals surface area contributed by atoms with Crippen LogP contribution in [0.4, 0.5) is 0 Å². The van der Waals surface area contributed by atoms with Gasteiger partial charge in [0.2, 0.25) is 0 Å². The average Bonchev–Trinajstić information content (AvgIpc) is 1.91. The van der Waals surface area contributed by atoms with E-state index in [1.165, 1.54) is 0 Å². The molecule has 0 aliphatic carbocycles. The first-order valence-corrected chi connectivity index (χ1v) is 14.3. The molecule has 0 rings (SSSR count). The van der Waals surface area contributed by atoms with Crippen LogP contribution >= 0.6 is 12.2 Å². The van der Waals surface area contributed by atoms with Crippen molar-refractivity contribution in [3.8, 4) is 0 Å². The minimum Gasteiger partial charge on any atom is -0.460 e. The lowest BCUT2D eigenvalue weighted by molar-refractivity contribution is -0.154. The first kappa shape index (κ1) is 19.2. The molecule has 0 aromatic carbocycles. The summed E-state index contributed by atoms with van der Waals surface area (Å²) in [5.41, 5.74) is -0.512. The second kappa shape index (κ2) is 5.54. The van der Waals surface area contributed by atoms with Crippen molar-refractivity contribution in [2.24, 2.45) is 0 Å². The van der Waals surface area contributed by atoms with E-state index in [1.807, 2.05) is 20.8 Å². The summed E-state index contributed by atoms with van der Waals surface area (Å²) in [5, 5.41) is 0. The first-order chi connectivity index (χ1) is 8.07. The SMILES string of the molecule is CC(C)(C)OC(=O)C(C(=S)[S-])([Si](C)(C)C)[Si](C)(C)C. The zero-order valence-corrected chi connectivity index (χ0v) is 17.3. The molecule has 0 radical (unpaired) electrons. The Morgan fingerprint density at radius 2 is 1.32 bits per heavy atom. The minimum atomic E-state index is -1.96. The first-order valence-electron chi connectivity index (χ1n) is 6.52. The van der Waals surface area contributed by atoms with Crippen LogP contribution in [0.2, 0.25) is 43.9 Å². The highest BCUT2D eigenvalue weighted by Crippen LogP contribution is 2.49. The summed E-state index contributed by atoms with van der Waals surface area (Å²) in [6.45, 7) is 18.6. The van der Waals surface area contributed by atoms with E-state index in [9.17, 15) is 4.79 Å². The van der Waals surface area contributed by atoms with Crippen LogP contribution in [-0.2, 0) is 22.2 Å². The van der Waals surface area contributed by atoms with Gasteiger partial charge >= 0.3 is 5.97 Å². The summed E-state index contributed by atoms with van der Waals surface area (Å²) in [4.78, 5) is 12.9. The average molecular weight is 336 g/mol. The van der Waals surface area contributed by atoms with E-state index in [-0.39, 0.29) is 5.97 Å². The summed E-state index contributed by atoms with van der Waals surface area (Å²) >= 11 is 10.7. The quantitative estimate of drug-likeness (QED) is 0.333. The molecule has 0 atom stereocenters. The van der Waals surface area contributed by atoms with Gasteiger partial charge in [-0.05, 0) is 20.8 Å². The molecule has 0 heterocycles. The Balaban J connectivity index is 6.06. The predicted molar refractivity (Wildman–Crippen MR) is 95.2 cm³/mol. The maximum absolute atomic E-state index is 12.9. The van der Waals surface area contributed by atoms with Gasteiger partial charge in [-0.2, -0.15) is 0 Å². The third kappa shape index (κ3) is 3.86. The fourth-order valence-corrected chi connectivity index (χ4v) is 18.2. The zero-order chi connectivity index (χ0) is 15.9. The van der Waals surface area contributed by atoms with Crippen LogP contribution in [0.15, 0.2) is 0 Å². The molecular formula is C13H27O2S2Si2-. The van der Waals surface area contributed by atoms with E-state index in [4.69, 9.17) is 29.6 Å². The van der Waals surface area contributed by atoms with E-state index < -0.39 is 26.4 Å². The van der Waals surface area contributed by atoms with Crippen LogP contribution in [0.25, 0.3) is 0 Å². The Morgan fingerprint density at radius 1 is 1.00 bits per heavy atom. The van der Waals surface area contributed by atoms with E-state index >= 15 is 0 Å². The summed E-state index contributed by atoms with van der Waals surface area (Å²) in [7, 11) is -3.91. The molecule has 19 heavy (non-hydrogen) atoms. The molecule has 112 valence electrons. The van der Waals surface area contributed by atoms with Crippen LogP contribution in [0, 0.1) is 0 Å². The second-order valence-electron chi connectivity index (χ2n) is 8.04. The molecule has 6 heteroatoms. The highest BCUT2D eigenvalue weighted by molar-refractivity contribution is 8.01. The van der Waals surface area contributed by atoms with Crippen molar-refractivity contribution in [3.63, 3.8) is 0 Å². The van der Waals surface area contributed by atoms with Crippen LogP contribution in [-0.4, -0.2) is 31.9 Å². The third-order valence-corrected chi connectivity index (χ3v) is 14.5. The van der Waals surface area contributed by atoms with Crippen LogP contribution in [0.1, 0.15) is 20.8 Å². The lowest BCUT2D eigenvalue weighted by Gasteiger charge is -2.52. The molecule has 0 unspecified atom stereocenters. The number of ether oxygens (including phenoxy) is 1. The van der Waals surface area contributed by atoms with Gasteiger partial charge in [0.15, 0.2) is 0 Å². The van der Waals surface area contributed by atoms with Gasteiger partial charge in [-0.25, -0.2) is 0 Å². The zero-order valence-electron chi connectivity index (χ0n) is 13.6. The number of thiocarbonyl (C=S) groups is 1. The van der Waals surface area contributed by atoms with Crippen molar-refractivity contribution in [3.05, 3.63) is 0 Å². The molecular weight excluding hydrogens is 308 g/mol. The number of rotatable bonds is 4. The fraction of sp³-hybridized carbons (Fsp3) is 0.846. The number of carbonyl (C=O) groups is 1. The molecule has 0 saturated heterocycles. The van der Waals surface area contributed by atoms with Gasteiger partial charge in [0.1, 0.15) is 5.60 Å². The van der Waals surface area contributed by atoms with Crippen LogP contribution in [0.5, 0.6) is 0 Å². The molecule has 0 N–H and O–H groups in total. The second-order valence-corrected chi connectivity index (χ2v) is 20.1. The summed E-state index contributed by atoms with van der Waals surface area (Å²) < 4.78 is 5.40. The highest BCUT2D eigenvalue weighted by atomic mass is 32.1. The lowest BCUT2D eigenvalue weighted by atomic mass is 10.2. The Bertz CT molecular complexity index is 360. The van der Waals surface area contributed by atoms with Gasteiger partial charge in [0, 0.05) is 0 Å². The molecule has 0 spiro atoms. The van der Waals surface area contributed by atoms with E-state index in [1.54, 1.807) is 0 Å². The van der Waals surface area contributed by atoms with Crippen molar-refractivity contribution in [1.29, 1.82) is 0 Å². The third-order valence-electron chi connectivity index (χ3n) is 3.26. The molecule has 0 aliphatic rings. The molecule has 0 aromatic heterocycles. The fourth-order valence-electron chi connectivity index (χ4n) is 2.79. The normalized spacial score (nSPS) is 14.2. The topological polar surface area (TPSA) is 26.3 Å². The molecule has 0 saturated carbocycles. The smallest absolute Gasteiger partial charge is 0.309 e. The van der Waals surface area contributed by atoms with Gasteiger partial charge in [0.25, 0.3) is 0 Å². The standard InChI is InChI=1S/C13H28O2S2Si2/c1-12(2,3)15-10(14)13(11(16)17,18(4,5)6)19(7,8)9/h1-9H3,(H,16,17)/p-1. The van der Waals surface area contributed by atoms with E-state index in [0.717, 1.165) is 0 Å². The van der Waals surface area contributed by atoms with Crippen molar-refractivity contribution < 1.29 is 9.53 Å². The molecule has 0 aromatic rings. The van der Waals surface area contributed by atoms with Gasteiger partial charge in [0.05, 0.1) is 20.8 Å². The lowest BCUT2D eigenvalue weighted by Crippen LogP contribution is -2.63. The molecule has 2 nitrogen and oxygen atoms in total. The Kier molecular flexibility index (Phi) is 5.60. The summed E-state index contributed by atoms with van der Waals surface area (Å²) in [5.74, 6) is -0.196. The van der Waals surface area contributed by atoms with E-state index in [0.29, 0.717) is 4.20 Å². The van der Waals surface area contributed by atoms with Gasteiger partial charge in [-0.1, -0.05) is 39.3 Å². The van der Waals surface area contributed by atoms with Crippen LogP contribution < -0.4 is 0 Å². The monoisotopic (exact) mass is 335 g/mol. The largest absolute Gasteiger partial charge is 0.460 e.